The molecule has 1 heterocycles. The fourth-order valence-corrected chi connectivity index (χ4v) is 2.25. The van der Waals surface area contributed by atoms with E-state index in [4.69, 9.17) is 14.6 Å². The molecule has 0 aliphatic heterocycles. The van der Waals surface area contributed by atoms with Gasteiger partial charge in [0.1, 0.15) is 5.69 Å². The summed E-state index contributed by atoms with van der Waals surface area (Å²) >= 11 is 0. The zero-order valence-electron chi connectivity index (χ0n) is 12.4. The van der Waals surface area contributed by atoms with Crippen LogP contribution in [-0.4, -0.2) is 35.5 Å². The lowest BCUT2D eigenvalue weighted by molar-refractivity contribution is 0.0690. The monoisotopic (exact) mass is 290 g/mol. The van der Waals surface area contributed by atoms with Crippen molar-refractivity contribution in [1.29, 1.82) is 0 Å². The molecule has 6 nitrogen and oxygen atoms in total. The van der Waals surface area contributed by atoms with Crippen LogP contribution in [-0.2, 0) is 0 Å². The Hall–Kier alpha value is -2.50. The van der Waals surface area contributed by atoms with E-state index in [0.29, 0.717) is 17.2 Å². The van der Waals surface area contributed by atoms with Crippen LogP contribution >= 0.6 is 0 Å². The molecule has 0 atom stereocenters. The average Bonchev–Trinajstić information content (AvgIpc) is 2.94. The number of carbonyl (C=O) groups is 1. The fourth-order valence-electron chi connectivity index (χ4n) is 2.25. The van der Waals surface area contributed by atoms with E-state index >= 15 is 0 Å². The summed E-state index contributed by atoms with van der Waals surface area (Å²) in [7, 11) is 3.11. The maximum absolute atomic E-state index is 11.0. The molecule has 0 aliphatic carbocycles. The van der Waals surface area contributed by atoms with Crippen molar-refractivity contribution in [3.8, 4) is 22.8 Å². The molecule has 1 aromatic carbocycles. The van der Waals surface area contributed by atoms with Gasteiger partial charge in [-0.2, -0.15) is 5.10 Å². The van der Waals surface area contributed by atoms with E-state index in [1.165, 1.54) is 6.07 Å². The van der Waals surface area contributed by atoms with E-state index in [2.05, 4.69) is 24.0 Å². The second-order valence-corrected chi connectivity index (χ2v) is 4.89. The Bertz CT molecular complexity index is 662. The average molecular weight is 290 g/mol. The van der Waals surface area contributed by atoms with Crippen molar-refractivity contribution < 1.29 is 19.4 Å². The van der Waals surface area contributed by atoms with E-state index in [1.807, 2.05) is 12.1 Å². The number of rotatable bonds is 5. The lowest BCUT2D eigenvalue weighted by Gasteiger charge is -2.17. The van der Waals surface area contributed by atoms with Crippen LogP contribution in [0, 0.1) is 0 Å². The van der Waals surface area contributed by atoms with Crippen LogP contribution in [0.15, 0.2) is 18.2 Å². The second kappa shape index (κ2) is 5.87. The summed E-state index contributed by atoms with van der Waals surface area (Å²) in [6.07, 6.45) is 0. The SMILES string of the molecule is COc1ccc(C(C)C)c(-c2cc(C(=O)O)[nH]n2)c1OC. The molecule has 0 spiro atoms. The molecule has 0 saturated heterocycles. The van der Waals surface area contributed by atoms with Gasteiger partial charge in [-0.15, -0.1) is 0 Å². The van der Waals surface area contributed by atoms with Crippen LogP contribution in [0.4, 0.5) is 0 Å². The van der Waals surface area contributed by atoms with Gasteiger partial charge in [0.15, 0.2) is 11.5 Å². The number of H-pyrrole nitrogens is 1. The summed E-state index contributed by atoms with van der Waals surface area (Å²) in [5.74, 6) is 0.301. The number of nitrogens with zero attached hydrogens (tertiary/aromatic N) is 1. The van der Waals surface area contributed by atoms with Crippen LogP contribution in [0.3, 0.4) is 0 Å². The number of benzene rings is 1. The van der Waals surface area contributed by atoms with Gasteiger partial charge in [0.2, 0.25) is 0 Å². The minimum atomic E-state index is -1.05. The summed E-state index contributed by atoms with van der Waals surface area (Å²) < 4.78 is 10.8. The van der Waals surface area contributed by atoms with Gasteiger partial charge < -0.3 is 14.6 Å². The highest BCUT2D eigenvalue weighted by atomic mass is 16.5. The lowest BCUT2D eigenvalue weighted by atomic mass is 9.94. The zero-order chi connectivity index (χ0) is 15.6. The first-order valence-corrected chi connectivity index (χ1v) is 6.53. The van der Waals surface area contributed by atoms with Crippen molar-refractivity contribution in [3.63, 3.8) is 0 Å². The highest BCUT2D eigenvalue weighted by molar-refractivity contribution is 5.88. The van der Waals surface area contributed by atoms with E-state index in [9.17, 15) is 4.79 Å². The van der Waals surface area contributed by atoms with Gasteiger partial charge in [0.05, 0.1) is 25.5 Å². The van der Waals surface area contributed by atoms with Gasteiger partial charge in [-0.3, -0.25) is 5.10 Å². The minimum absolute atomic E-state index is 0.0320. The number of nitrogens with one attached hydrogen (secondary N) is 1. The number of ether oxygens (including phenoxy) is 2. The third kappa shape index (κ3) is 2.69. The summed E-state index contributed by atoms with van der Waals surface area (Å²) in [5.41, 5.74) is 2.31. The maximum atomic E-state index is 11.0. The molecule has 0 aliphatic rings. The summed E-state index contributed by atoms with van der Waals surface area (Å²) in [4.78, 5) is 11.0. The summed E-state index contributed by atoms with van der Waals surface area (Å²) in [5, 5.41) is 15.6. The quantitative estimate of drug-likeness (QED) is 0.884. The van der Waals surface area contributed by atoms with Crippen LogP contribution in [0.5, 0.6) is 11.5 Å². The zero-order valence-corrected chi connectivity index (χ0v) is 12.4. The Morgan fingerprint density at radius 2 is 2.00 bits per heavy atom. The van der Waals surface area contributed by atoms with E-state index in [0.717, 1.165) is 11.1 Å². The van der Waals surface area contributed by atoms with E-state index in [1.54, 1.807) is 14.2 Å². The number of aromatic nitrogens is 2. The molecule has 0 unspecified atom stereocenters. The molecule has 0 radical (unpaired) electrons. The largest absolute Gasteiger partial charge is 0.493 e. The number of aromatic amines is 1. The van der Waals surface area contributed by atoms with Gasteiger partial charge >= 0.3 is 5.97 Å². The number of aromatic carboxylic acids is 1. The van der Waals surface area contributed by atoms with Crippen molar-refractivity contribution in [2.45, 2.75) is 19.8 Å². The van der Waals surface area contributed by atoms with Crippen molar-refractivity contribution in [3.05, 3.63) is 29.5 Å². The van der Waals surface area contributed by atoms with Gasteiger partial charge in [-0.1, -0.05) is 19.9 Å². The normalized spacial score (nSPS) is 10.7. The molecule has 2 N–H and O–H groups in total. The van der Waals surface area contributed by atoms with Crippen LogP contribution in [0.2, 0.25) is 0 Å². The summed E-state index contributed by atoms with van der Waals surface area (Å²) in [6.45, 7) is 4.10. The fraction of sp³-hybridized carbons (Fsp3) is 0.333. The number of hydrogen-bond donors (Lipinski definition) is 2. The number of carboxylic acid groups (broad SMARTS) is 1. The Morgan fingerprint density at radius 3 is 2.48 bits per heavy atom. The smallest absolute Gasteiger partial charge is 0.353 e. The van der Waals surface area contributed by atoms with Crippen molar-refractivity contribution >= 4 is 5.97 Å². The van der Waals surface area contributed by atoms with Crippen LogP contribution in [0.1, 0.15) is 35.8 Å². The third-order valence-electron chi connectivity index (χ3n) is 3.26. The molecule has 0 saturated carbocycles. The molecular formula is C15H18N2O4. The molecule has 6 heteroatoms. The predicted octanol–water partition coefficient (Wildman–Crippen LogP) is 2.92. The molecule has 0 amide bonds. The van der Waals surface area contributed by atoms with E-state index < -0.39 is 5.97 Å². The highest BCUT2D eigenvalue weighted by Gasteiger charge is 2.21. The van der Waals surface area contributed by atoms with Crippen LogP contribution < -0.4 is 9.47 Å². The number of carboxylic acids is 1. The van der Waals surface area contributed by atoms with Gasteiger partial charge in [0.25, 0.3) is 0 Å². The molecule has 0 bridgehead atoms. The number of methoxy groups -OCH3 is 2. The van der Waals surface area contributed by atoms with Crippen molar-refractivity contribution in [2.24, 2.45) is 0 Å². The second-order valence-electron chi connectivity index (χ2n) is 4.89. The van der Waals surface area contributed by atoms with Crippen molar-refractivity contribution in [2.75, 3.05) is 14.2 Å². The minimum Gasteiger partial charge on any atom is -0.493 e. The molecule has 112 valence electrons. The highest BCUT2D eigenvalue weighted by Crippen LogP contribution is 2.42. The summed E-state index contributed by atoms with van der Waals surface area (Å²) in [6, 6.07) is 5.27. The van der Waals surface area contributed by atoms with Gasteiger partial charge in [-0.05, 0) is 23.6 Å². The topological polar surface area (TPSA) is 84.4 Å². The first kappa shape index (κ1) is 14.9. The standard InChI is InChI=1S/C15H18N2O4/c1-8(2)9-5-6-12(20-3)14(21-4)13(9)10-7-11(15(18)19)17-16-10/h5-8H,1-4H3,(H,16,17)(H,18,19). The first-order chi connectivity index (χ1) is 9.99. The Kier molecular flexibility index (Phi) is 4.16. The Labute approximate surface area is 122 Å². The molecule has 21 heavy (non-hydrogen) atoms. The number of hydrogen-bond acceptors (Lipinski definition) is 4. The van der Waals surface area contributed by atoms with E-state index in [-0.39, 0.29) is 11.6 Å². The van der Waals surface area contributed by atoms with Gasteiger partial charge in [-0.25, -0.2) is 4.79 Å². The molecule has 1 aromatic heterocycles. The third-order valence-corrected chi connectivity index (χ3v) is 3.26. The molecular weight excluding hydrogens is 272 g/mol. The first-order valence-electron chi connectivity index (χ1n) is 6.53. The molecule has 0 fully saturated rings. The lowest BCUT2D eigenvalue weighted by Crippen LogP contribution is -1.99. The Morgan fingerprint density at radius 1 is 1.29 bits per heavy atom. The van der Waals surface area contributed by atoms with Gasteiger partial charge in [0, 0.05) is 0 Å². The maximum Gasteiger partial charge on any atom is 0.353 e. The van der Waals surface area contributed by atoms with Crippen LogP contribution in [0.25, 0.3) is 11.3 Å². The Balaban J connectivity index is 2.70. The molecule has 2 rings (SSSR count). The predicted molar refractivity (Wildman–Crippen MR) is 78.2 cm³/mol. The molecule has 2 aromatic rings. The van der Waals surface area contributed by atoms with Crippen molar-refractivity contribution in [1.82, 2.24) is 10.2 Å².